The van der Waals surface area contributed by atoms with E-state index in [1.54, 1.807) is 42.5 Å². The standard InChI is InChI=1S/C26H19ClF3N3O2S/c27-19-6-2-16(3-7-19)24-15-18(26(28,29)30)5-10-23(24)22-9-4-17-14-20(8-11-21(17)22)36(34,35)33-25-31-12-1-13-32-25/h1-3,5-8,10-15,22H,4,9H2,(H,31,32,33). The first kappa shape index (κ1) is 24.3. The van der Waals surface area contributed by atoms with Crippen molar-refractivity contribution in [3.05, 3.63) is 106 Å². The predicted molar refractivity (Wildman–Crippen MR) is 131 cm³/mol. The van der Waals surface area contributed by atoms with Crippen molar-refractivity contribution < 1.29 is 21.6 Å². The third kappa shape index (κ3) is 4.81. The summed E-state index contributed by atoms with van der Waals surface area (Å²) in [5.41, 5.74) is 2.83. The normalized spacial score (nSPS) is 15.5. The number of aryl methyl sites for hydroxylation is 1. The highest BCUT2D eigenvalue weighted by atomic mass is 35.5. The largest absolute Gasteiger partial charge is 0.416 e. The number of aromatic nitrogens is 2. The minimum atomic E-state index is -4.48. The van der Waals surface area contributed by atoms with Crippen LogP contribution in [0.15, 0.2) is 84.0 Å². The van der Waals surface area contributed by atoms with Gasteiger partial charge >= 0.3 is 6.18 Å². The number of halogens is 4. The van der Waals surface area contributed by atoms with Crippen molar-refractivity contribution in [3.8, 4) is 11.1 Å². The Morgan fingerprint density at radius 2 is 1.61 bits per heavy atom. The summed E-state index contributed by atoms with van der Waals surface area (Å²) in [6.45, 7) is 0. The molecule has 10 heteroatoms. The van der Waals surface area contributed by atoms with E-state index in [1.807, 2.05) is 0 Å². The second kappa shape index (κ2) is 9.22. The maximum absolute atomic E-state index is 13.5. The lowest BCUT2D eigenvalue weighted by Crippen LogP contribution is -2.15. The van der Waals surface area contributed by atoms with Gasteiger partial charge in [0.2, 0.25) is 5.95 Å². The Hall–Kier alpha value is -3.43. The molecule has 1 aliphatic carbocycles. The molecule has 0 bridgehead atoms. The van der Waals surface area contributed by atoms with E-state index in [-0.39, 0.29) is 16.8 Å². The van der Waals surface area contributed by atoms with Crippen LogP contribution in [0.5, 0.6) is 0 Å². The van der Waals surface area contributed by atoms with Crippen LogP contribution in [0.4, 0.5) is 19.1 Å². The van der Waals surface area contributed by atoms with Gasteiger partial charge in [0.15, 0.2) is 0 Å². The first-order valence-corrected chi connectivity index (χ1v) is 12.9. The Bertz CT molecular complexity index is 1530. The smallest absolute Gasteiger partial charge is 0.247 e. The zero-order valence-corrected chi connectivity index (χ0v) is 20.2. The number of nitrogens with zero attached hydrogens (tertiary/aromatic N) is 2. The molecular formula is C26H19ClF3N3O2S. The van der Waals surface area contributed by atoms with E-state index in [9.17, 15) is 21.6 Å². The van der Waals surface area contributed by atoms with Crippen LogP contribution in [0.1, 0.15) is 34.6 Å². The predicted octanol–water partition coefficient (Wildman–Crippen LogP) is 6.69. The van der Waals surface area contributed by atoms with E-state index in [2.05, 4.69) is 14.7 Å². The van der Waals surface area contributed by atoms with Crippen LogP contribution in [0.25, 0.3) is 11.1 Å². The molecule has 1 unspecified atom stereocenters. The summed E-state index contributed by atoms with van der Waals surface area (Å²) in [5, 5.41) is 0.488. The average Bonchev–Trinajstić information content (AvgIpc) is 3.27. The summed E-state index contributed by atoms with van der Waals surface area (Å²) in [4.78, 5) is 7.85. The molecule has 1 atom stereocenters. The molecule has 36 heavy (non-hydrogen) atoms. The molecule has 3 aromatic carbocycles. The van der Waals surface area contributed by atoms with Gasteiger partial charge in [-0.05, 0) is 83.1 Å². The van der Waals surface area contributed by atoms with Crippen LogP contribution in [0.3, 0.4) is 0 Å². The quantitative estimate of drug-likeness (QED) is 0.312. The van der Waals surface area contributed by atoms with Gasteiger partial charge in [-0.25, -0.2) is 23.1 Å². The van der Waals surface area contributed by atoms with Gasteiger partial charge < -0.3 is 0 Å². The van der Waals surface area contributed by atoms with Crippen LogP contribution in [-0.2, 0) is 22.6 Å². The van der Waals surface area contributed by atoms with Crippen molar-refractivity contribution >= 4 is 27.6 Å². The van der Waals surface area contributed by atoms with Crippen LogP contribution < -0.4 is 4.72 Å². The molecule has 1 N–H and O–H groups in total. The molecule has 4 aromatic rings. The number of rotatable bonds is 5. The molecule has 1 heterocycles. The number of alkyl halides is 3. The molecule has 0 aliphatic heterocycles. The molecule has 184 valence electrons. The first-order valence-electron chi connectivity index (χ1n) is 11.0. The molecule has 0 saturated heterocycles. The number of nitrogens with one attached hydrogen (secondary N) is 1. The topological polar surface area (TPSA) is 72.0 Å². The Morgan fingerprint density at radius 1 is 0.917 bits per heavy atom. The first-order chi connectivity index (χ1) is 17.1. The van der Waals surface area contributed by atoms with E-state index >= 15 is 0 Å². The number of anilines is 1. The highest BCUT2D eigenvalue weighted by Gasteiger charge is 2.33. The van der Waals surface area contributed by atoms with Crippen molar-refractivity contribution in [2.45, 2.75) is 29.8 Å². The van der Waals surface area contributed by atoms with Gasteiger partial charge in [0.05, 0.1) is 10.5 Å². The fraction of sp³-hybridized carbons (Fsp3) is 0.154. The number of sulfonamides is 1. The zero-order chi connectivity index (χ0) is 25.5. The molecule has 0 spiro atoms. The Balaban J connectivity index is 1.53. The van der Waals surface area contributed by atoms with Gasteiger partial charge in [-0.3, -0.25) is 0 Å². The van der Waals surface area contributed by atoms with E-state index < -0.39 is 21.8 Å². The second-order valence-electron chi connectivity index (χ2n) is 8.44. The fourth-order valence-corrected chi connectivity index (χ4v) is 5.67. The van der Waals surface area contributed by atoms with E-state index in [0.29, 0.717) is 29.0 Å². The van der Waals surface area contributed by atoms with Gasteiger partial charge in [-0.15, -0.1) is 0 Å². The third-order valence-electron chi connectivity index (χ3n) is 6.21. The van der Waals surface area contributed by atoms with Crippen molar-refractivity contribution in [2.24, 2.45) is 0 Å². The highest BCUT2D eigenvalue weighted by molar-refractivity contribution is 7.92. The van der Waals surface area contributed by atoms with E-state index in [0.717, 1.165) is 22.8 Å². The molecule has 0 fully saturated rings. The summed E-state index contributed by atoms with van der Waals surface area (Å²) < 4.78 is 68.6. The summed E-state index contributed by atoms with van der Waals surface area (Å²) in [5.74, 6) is -0.219. The molecule has 1 aliphatic rings. The Morgan fingerprint density at radius 3 is 2.31 bits per heavy atom. The number of hydrogen-bond acceptors (Lipinski definition) is 4. The van der Waals surface area contributed by atoms with Crippen LogP contribution >= 0.6 is 11.6 Å². The van der Waals surface area contributed by atoms with Crippen LogP contribution in [0.2, 0.25) is 5.02 Å². The van der Waals surface area contributed by atoms with Crippen molar-refractivity contribution in [2.75, 3.05) is 4.72 Å². The minimum Gasteiger partial charge on any atom is -0.247 e. The van der Waals surface area contributed by atoms with Gasteiger partial charge in [-0.2, -0.15) is 13.2 Å². The lowest BCUT2D eigenvalue weighted by molar-refractivity contribution is -0.137. The molecule has 0 amide bonds. The monoisotopic (exact) mass is 529 g/mol. The van der Waals surface area contributed by atoms with Crippen molar-refractivity contribution in [1.29, 1.82) is 0 Å². The summed E-state index contributed by atoms with van der Waals surface area (Å²) in [7, 11) is -3.91. The highest BCUT2D eigenvalue weighted by Crippen LogP contribution is 2.44. The Labute approximate surface area is 211 Å². The van der Waals surface area contributed by atoms with Crippen LogP contribution in [-0.4, -0.2) is 18.4 Å². The van der Waals surface area contributed by atoms with Crippen molar-refractivity contribution in [3.63, 3.8) is 0 Å². The number of hydrogen-bond donors (Lipinski definition) is 1. The van der Waals surface area contributed by atoms with Crippen molar-refractivity contribution in [1.82, 2.24) is 9.97 Å². The summed E-state index contributed by atoms with van der Waals surface area (Å²) in [6.07, 6.45) is -0.390. The van der Waals surface area contributed by atoms with E-state index in [4.69, 9.17) is 11.6 Å². The maximum Gasteiger partial charge on any atom is 0.416 e. The molecule has 1 aromatic heterocycles. The average molecular weight is 530 g/mol. The van der Waals surface area contributed by atoms with Gasteiger partial charge in [0, 0.05) is 23.3 Å². The molecule has 0 saturated carbocycles. The van der Waals surface area contributed by atoms with E-state index in [1.165, 1.54) is 30.6 Å². The summed E-state index contributed by atoms with van der Waals surface area (Å²) >= 11 is 6.00. The molecule has 5 rings (SSSR count). The maximum atomic E-state index is 13.5. The van der Waals surface area contributed by atoms with Gasteiger partial charge in [0.25, 0.3) is 10.0 Å². The Kier molecular flexibility index (Phi) is 6.22. The lowest BCUT2D eigenvalue weighted by Gasteiger charge is -2.20. The molecular weight excluding hydrogens is 511 g/mol. The number of benzene rings is 3. The third-order valence-corrected chi connectivity index (χ3v) is 7.78. The number of fused-ring (bicyclic) bond motifs is 1. The zero-order valence-electron chi connectivity index (χ0n) is 18.6. The van der Waals surface area contributed by atoms with Gasteiger partial charge in [-0.1, -0.05) is 35.9 Å². The minimum absolute atomic E-state index is 0.0340. The SMILES string of the molecule is O=S(=O)(Nc1ncccn1)c1ccc2c(c1)CCC2c1ccc(C(F)(F)F)cc1-c1ccc(Cl)cc1. The van der Waals surface area contributed by atoms with Gasteiger partial charge in [0.1, 0.15) is 0 Å². The molecule has 0 radical (unpaired) electrons. The second-order valence-corrected chi connectivity index (χ2v) is 10.6. The lowest BCUT2D eigenvalue weighted by atomic mass is 9.86. The fourth-order valence-electron chi connectivity index (χ4n) is 4.53. The molecule has 5 nitrogen and oxygen atoms in total. The van der Waals surface area contributed by atoms with Crippen LogP contribution in [0, 0.1) is 0 Å². The summed E-state index contributed by atoms with van der Waals surface area (Å²) in [6, 6.07) is 16.9.